The number of rotatable bonds is 0. The molecule has 0 aliphatic carbocycles. The summed E-state index contributed by atoms with van der Waals surface area (Å²) in [6.07, 6.45) is 0. The second kappa shape index (κ2) is 18.4. The van der Waals surface area contributed by atoms with E-state index in [-0.39, 0.29) is 54.2 Å². The van der Waals surface area contributed by atoms with Gasteiger partial charge in [-0.25, -0.2) is 0 Å². The molecule has 0 atom stereocenters. The van der Waals surface area contributed by atoms with Crippen molar-refractivity contribution in [2.45, 2.75) is 0 Å². The van der Waals surface area contributed by atoms with Crippen LogP contribution in [0.15, 0.2) is 0 Å². The van der Waals surface area contributed by atoms with E-state index in [1.54, 1.807) is 0 Å². The van der Waals surface area contributed by atoms with E-state index in [4.69, 9.17) is 36.0 Å². The Bertz CT molecular complexity index is 235. The van der Waals surface area contributed by atoms with Gasteiger partial charge in [0.2, 0.25) is 0 Å². The molecular weight excluding hydrogens is 385 g/mol. The van der Waals surface area contributed by atoms with Gasteiger partial charge in [-0.3, -0.25) is 0 Å². The van der Waals surface area contributed by atoms with Gasteiger partial charge in [0.1, 0.15) is 0 Å². The van der Waals surface area contributed by atoms with Gasteiger partial charge in [-0.05, 0) is 0 Å². The van der Waals surface area contributed by atoms with Crippen LogP contribution in [0.5, 0.6) is 0 Å². The second-order valence-electron chi connectivity index (χ2n) is 0.756. The van der Waals surface area contributed by atoms with Crippen LogP contribution < -0.4 is 54.5 Å². The van der Waals surface area contributed by atoms with Crippen LogP contribution in [0.25, 0.3) is 0 Å². The molecule has 0 spiro atoms. The fourth-order valence-electron chi connectivity index (χ4n) is 0. The van der Waals surface area contributed by atoms with E-state index >= 15 is 0 Å². The maximum atomic E-state index is 8.58. The van der Waals surface area contributed by atoms with Gasteiger partial charge in [-0.1, -0.05) is 0 Å². The molecular formula is CoLi2Mn2NiO9. The molecule has 0 aromatic rings. The van der Waals surface area contributed by atoms with Gasteiger partial charge < -0.3 is 0 Å². The maximum absolute atomic E-state index is 8.58. The van der Waals surface area contributed by atoms with Crippen LogP contribution in [0.1, 0.15) is 0 Å². The summed E-state index contributed by atoms with van der Waals surface area (Å²) in [6.45, 7) is 0. The van der Waals surface area contributed by atoms with E-state index in [9.17, 15) is 0 Å². The van der Waals surface area contributed by atoms with Crippen molar-refractivity contribution in [1.82, 2.24) is 0 Å². The average molecular weight is 385 g/mol. The van der Waals surface area contributed by atoms with Gasteiger partial charge in [0.15, 0.2) is 0 Å². The fourth-order valence-corrected chi connectivity index (χ4v) is 0. The Kier molecular flexibility index (Phi) is 44.2. The summed E-state index contributed by atoms with van der Waals surface area (Å²) in [5.74, 6) is 0. The summed E-state index contributed by atoms with van der Waals surface area (Å²) in [7, 11) is 0. The SMILES string of the molecule is [Li+].[Li+].[Ni+2].[O]=[Co].[O]=[Mn](=[O])([O-])[O-].[O]=[Mn](=[O])([O-])[O-]. The van der Waals surface area contributed by atoms with Crippen LogP contribution in [0.3, 0.4) is 0 Å². The van der Waals surface area contributed by atoms with E-state index in [1.165, 1.54) is 0 Å². The fraction of sp³-hybridized carbons (Fsp3) is 0. The van der Waals surface area contributed by atoms with Crippen molar-refractivity contribution in [2.75, 3.05) is 0 Å². The normalized spacial score (nSPS) is 8.07. The van der Waals surface area contributed by atoms with Crippen LogP contribution in [-0.2, 0) is 78.1 Å². The molecule has 0 heterocycles. The molecule has 9 nitrogen and oxygen atoms in total. The van der Waals surface area contributed by atoms with Crippen molar-refractivity contribution < 1.29 is 133 Å². The third kappa shape index (κ3) is 740. The summed E-state index contributed by atoms with van der Waals surface area (Å²) < 4.78 is 76.6. The molecule has 15 heavy (non-hydrogen) atoms. The zero-order valence-electron chi connectivity index (χ0n) is 7.08. The Morgan fingerprint density at radius 1 is 0.667 bits per heavy atom. The van der Waals surface area contributed by atoms with Crippen LogP contribution in [0.2, 0.25) is 0 Å². The topological polar surface area (TPSA) is 178 Å². The average Bonchev–Trinajstić information content (AvgIpc) is 1.59. The van der Waals surface area contributed by atoms with Crippen molar-refractivity contribution in [3.8, 4) is 0 Å². The third-order valence-corrected chi connectivity index (χ3v) is 0. The minimum absolute atomic E-state index is 0. The van der Waals surface area contributed by atoms with Gasteiger partial charge in [0, 0.05) is 0 Å². The van der Waals surface area contributed by atoms with Crippen molar-refractivity contribution in [3.05, 3.63) is 0 Å². The minimum atomic E-state index is -5.62. The van der Waals surface area contributed by atoms with E-state index < -0.39 is 26.7 Å². The Balaban J connectivity index is -0.0000000197. The first-order valence-electron chi connectivity index (χ1n) is 1.37. The summed E-state index contributed by atoms with van der Waals surface area (Å²) in [5, 5.41) is 0. The van der Waals surface area contributed by atoms with Crippen molar-refractivity contribution in [3.63, 3.8) is 0 Å². The standard InChI is InChI=1S/Co.2Li.2Mn.Ni.9O/q;2*+1;;;+2;;;;;;4*-1. The molecule has 0 saturated heterocycles. The first kappa shape index (κ1) is 36.0. The van der Waals surface area contributed by atoms with Gasteiger partial charge in [0.25, 0.3) is 0 Å². The molecule has 15 heteroatoms. The summed E-state index contributed by atoms with van der Waals surface area (Å²) in [5.41, 5.74) is 0. The molecule has 0 aliphatic heterocycles. The van der Waals surface area contributed by atoms with Crippen LogP contribution in [0.4, 0.5) is 0 Å². The molecule has 0 radical (unpaired) electrons. The predicted octanol–water partition coefficient (Wildman–Crippen LogP) is -11.4. The zero-order valence-corrected chi connectivity index (χ0v) is 11.5. The van der Waals surface area contributed by atoms with Crippen molar-refractivity contribution >= 4 is 0 Å². The summed E-state index contributed by atoms with van der Waals surface area (Å²) in [4.78, 5) is 0. The third-order valence-electron chi connectivity index (χ3n) is 0. The van der Waals surface area contributed by atoms with E-state index in [0.29, 0.717) is 0 Å². The molecule has 0 fully saturated rings. The first-order chi connectivity index (χ1) is 5.00. The van der Waals surface area contributed by atoms with Crippen LogP contribution in [0, 0.1) is 0 Å². The summed E-state index contributed by atoms with van der Waals surface area (Å²) >= 11 is -8.94. The number of hydrogen-bond acceptors (Lipinski definition) is 9. The van der Waals surface area contributed by atoms with Gasteiger partial charge >= 0.3 is 133 Å². The molecule has 0 aromatic heterocycles. The van der Waals surface area contributed by atoms with Crippen molar-refractivity contribution in [2.24, 2.45) is 0 Å². The first-order valence-corrected chi connectivity index (χ1v) is 5.65. The van der Waals surface area contributed by atoms with Gasteiger partial charge in [-0.2, -0.15) is 0 Å². The predicted molar refractivity (Wildman–Crippen MR) is 3.43 cm³/mol. The molecule has 0 amide bonds. The molecule has 89 valence electrons. The van der Waals surface area contributed by atoms with Crippen molar-refractivity contribution in [1.29, 1.82) is 0 Å². The number of hydrogen-bond donors (Lipinski definition) is 0. The molecule has 0 bridgehead atoms. The van der Waals surface area contributed by atoms with Crippen LogP contribution >= 0.6 is 0 Å². The molecule has 0 aromatic carbocycles. The van der Waals surface area contributed by atoms with E-state index in [0.717, 1.165) is 0 Å². The second-order valence-corrected chi connectivity index (χ2v) is 3.12. The molecule has 0 saturated carbocycles. The molecule has 0 aliphatic rings. The van der Waals surface area contributed by atoms with Gasteiger partial charge in [0.05, 0.1) is 0 Å². The molecule has 0 unspecified atom stereocenters. The Morgan fingerprint density at radius 3 is 0.667 bits per heavy atom. The summed E-state index contributed by atoms with van der Waals surface area (Å²) in [6, 6.07) is 0. The van der Waals surface area contributed by atoms with Gasteiger partial charge in [-0.15, -0.1) is 0 Å². The Labute approximate surface area is 131 Å². The van der Waals surface area contributed by atoms with Crippen LogP contribution in [-0.4, -0.2) is 0 Å². The van der Waals surface area contributed by atoms with E-state index in [2.05, 4.69) is 15.7 Å². The molecule has 0 rings (SSSR count). The quantitative estimate of drug-likeness (QED) is 0.366. The Hall–Kier alpha value is 2.07. The monoisotopic (exact) mass is 385 g/mol. The Morgan fingerprint density at radius 2 is 0.667 bits per heavy atom. The zero-order chi connectivity index (χ0) is 11.0. The molecule has 0 N–H and O–H groups in total. The van der Waals surface area contributed by atoms with E-state index in [1.807, 2.05) is 0 Å².